The lowest BCUT2D eigenvalue weighted by Crippen LogP contribution is -2.51. The lowest BCUT2D eigenvalue weighted by molar-refractivity contribution is 0.0552. The van der Waals surface area contributed by atoms with E-state index in [4.69, 9.17) is 4.74 Å². The highest BCUT2D eigenvalue weighted by atomic mass is 16.5. The summed E-state index contributed by atoms with van der Waals surface area (Å²) in [5, 5.41) is 0. The molecule has 2 nitrogen and oxygen atoms in total. The van der Waals surface area contributed by atoms with E-state index >= 15 is 0 Å². The Labute approximate surface area is 148 Å². The third kappa shape index (κ3) is 3.79. The van der Waals surface area contributed by atoms with Gasteiger partial charge in [0, 0.05) is 12.0 Å². The first-order chi connectivity index (χ1) is 11.8. The fourth-order valence-corrected chi connectivity index (χ4v) is 5.09. The molecular weight excluding hydrogens is 294 g/mol. The Hall–Kier alpha value is -1.02. The van der Waals surface area contributed by atoms with Gasteiger partial charge in [-0.05, 0) is 62.4 Å². The Bertz CT molecular complexity index is 514. The molecule has 2 aliphatic rings. The first kappa shape index (κ1) is 17.8. The van der Waals surface area contributed by atoms with E-state index in [-0.39, 0.29) is 0 Å². The summed E-state index contributed by atoms with van der Waals surface area (Å²) in [6.45, 7) is 6.19. The maximum absolute atomic E-state index is 5.51. The molecule has 24 heavy (non-hydrogen) atoms. The fraction of sp³-hybridized carbons (Fsp3) is 0.727. The summed E-state index contributed by atoms with van der Waals surface area (Å²) in [5.74, 6) is 1.85. The van der Waals surface area contributed by atoms with E-state index in [1.807, 2.05) is 0 Å². The van der Waals surface area contributed by atoms with Gasteiger partial charge in [-0.25, -0.2) is 0 Å². The van der Waals surface area contributed by atoms with Crippen LogP contribution in [0.2, 0.25) is 0 Å². The molecule has 1 aliphatic carbocycles. The van der Waals surface area contributed by atoms with E-state index in [0.29, 0.717) is 5.41 Å². The van der Waals surface area contributed by atoms with Crippen molar-refractivity contribution in [2.75, 3.05) is 26.7 Å². The van der Waals surface area contributed by atoms with E-state index in [2.05, 4.69) is 36.1 Å². The zero-order chi connectivity index (χ0) is 16.8. The molecular formula is C22H35NO. The molecule has 0 amide bonds. The highest BCUT2D eigenvalue weighted by Crippen LogP contribution is 2.49. The highest BCUT2D eigenvalue weighted by Gasteiger charge is 2.45. The van der Waals surface area contributed by atoms with Gasteiger partial charge >= 0.3 is 0 Å². The molecule has 1 saturated heterocycles. The van der Waals surface area contributed by atoms with E-state index in [0.717, 1.165) is 11.7 Å². The van der Waals surface area contributed by atoms with Crippen LogP contribution in [0.25, 0.3) is 0 Å². The number of methoxy groups -OCH3 is 1. The van der Waals surface area contributed by atoms with Gasteiger partial charge in [0.25, 0.3) is 0 Å². The molecule has 0 spiro atoms. The van der Waals surface area contributed by atoms with Crippen LogP contribution in [0, 0.1) is 5.92 Å². The standard InChI is InChI=1S/C22H35NO/c1-3-4-5-8-15-23-16-14-22(13-7-6-10-20(22)18-23)19-11-9-12-21(17-19)24-2/h9,11-12,17,20H,3-8,10,13-16,18H2,1-2H3/t20-,22-/m0/s1. The maximum atomic E-state index is 5.51. The molecule has 134 valence electrons. The fourth-order valence-electron chi connectivity index (χ4n) is 5.09. The Morgan fingerprint density at radius 1 is 1.17 bits per heavy atom. The van der Waals surface area contributed by atoms with Crippen LogP contribution >= 0.6 is 0 Å². The number of fused-ring (bicyclic) bond motifs is 1. The topological polar surface area (TPSA) is 12.5 Å². The summed E-state index contributed by atoms with van der Waals surface area (Å²) in [6.07, 6.45) is 12.4. The molecule has 0 unspecified atom stereocenters. The molecule has 1 saturated carbocycles. The van der Waals surface area contributed by atoms with Gasteiger partial charge in [-0.15, -0.1) is 0 Å². The second-order valence-corrected chi connectivity index (χ2v) is 7.94. The number of ether oxygens (including phenoxy) is 1. The molecule has 0 bridgehead atoms. The smallest absolute Gasteiger partial charge is 0.119 e. The predicted molar refractivity (Wildman–Crippen MR) is 102 cm³/mol. The Morgan fingerprint density at radius 2 is 2.08 bits per heavy atom. The average molecular weight is 330 g/mol. The van der Waals surface area contributed by atoms with Crippen LogP contribution < -0.4 is 4.74 Å². The summed E-state index contributed by atoms with van der Waals surface area (Å²) in [4.78, 5) is 2.75. The van der Waals surface area contributed by atoms with Crippen molar-refractivity contribution in [3.63, 3.8) is 0 Å². The van der Waals surface area contributed by atoms with E-state index < -0.39 is 0 Å². The number of likely N-dealkylation sites (tertiary alicyclic amines) is 1. The summed E-state index contributed by atoms with van der Waals surface area (Å²) in [6, 6.07) is 8.94. The van der Waals surface area contributed by atoms with Gasteiger partial charge in [-0.3, -0.25) is 0 Å². The van der Waals surface area contributed by atoms with Gasteiger partial charge in [0.05, 0.1) is 7.11 Å². The van der Waals surface area contributed by atoms with Gasteiger partial charge in [-0.2, -0.15) is 0 Å². The van der Waals surface area contributed by atoms with Crippen LogP contribution in [0.4, 0.5) is 0 Å². The number of hydrogen-bond donors (Lipinski definition) is 0. The second kappa shape index (κ2) is 8.38. The molecule has 3 rings (SSSR count). The van der Waals surface area contributed by atoms with Crippen molar-refractivity contribution in [2.45, 2.75) is 70.1 Å². The van der Waals surface area contributed by atoms with Crippen LogP contribution in [-0.4, -0.2) is 31.6 Å². The predicted octanol–water partition coefficient (Wildman–Crippen LogP) is 5.41. The number of rotatable bonds is 7. The van der Waals surface area contributed by atoms with Crippen molar-refractivity contribution >= 4 is 0 Å². The zero-order valence-corrected chi connectivity index (χ0v) is 15.7. The van der Waals surface area contributed by atoms with Gasteiger partial charge < -0.3 is 9.64 Å². The number of nitrogens with zero attached hydrogens (tertiary/aromatic N) is 1. The van der Waals surface area contributed by atoms with E-state index in [9.17, 15) is 0 Å². The van der Waals surface area contributed by atoms with Crippen LogP contribution in [0.1, 0.15) is 70.3 Å². The van der Waals surface area contributed by atoms with Gasteiger partial charge in [-0.1, -0.05) is 51.2 Å². The van der Waals surface area contributed by atoms with Crippen LogP contribution in [-0.2, 0) is 5.41 Å². The molecule has 2 fully saturated rings. The Morgan fingerprint density at radius 3 is 2.92 bits per heavy atom. The quantitative estimate of drug-likeness (QED) is 0.620. The molecule has 2 heteroatoms. The average Bonchev–Trinajstić information content (AvgIpc) is 2.65. The summed E-state index contributed by atoms with van der Waals surface area (Å²) >= 11 is 0. The van der Waals surface area contributed by atoms with Crippen molar-refractivity contribution in [3.05, 3.63) is 29.8 Å². The van der Waals surface area contributed by atoms with Gasteiger partial charge in [0.2, 0.25) is 0 Å². The third-order valence-corrected chi connectivity index (χ3v) is 6.53. The minimum atomic E-state index is 0.409. The number of unbranched alkanes of at least 4 members (excludes halogenated alkanes) is 3. The van der Waals surface area contributed by atoms with Crippen molar-refractivity contribution < 1.29 is 4.74 Å². The van der Waals surface area contributed by atoms with Gasteiger partial charge in [0.15, 0.2) is 0 Å². The SMILES string of the molecule is CCCCCCN1CC[C@]2(c3cccc(OC)c3)CCCC[C@H]2C1. The van der Waals surface area contributed by atoms with Crippen molar-refractivity contribution in [1.82, 2.24) is 4.90 Å². The molecule has 1 heterocycles. The second-order valence-electron chi connectivity index (χ2n) is 7.94. The molecule has 0 N–H and O–H groups in total. The molecule has 0 aromatic heterocycles. The first-order valence-corrected chi connectivity index (χ1v) is 10.2. The molecule has 2 atom stereocenters. The van der Waals surface area contributed by atoms with Crippen molar-refractivity contribution in [3.8, 4) is 5.75 Å². The van der Waals surface area contributed by atoms with Crippen molar-refractivity contribution in [1.29, 1.82) is 0 Å². The summed E-state index contributed by atoms with van der Waals surface area (Å²) in [5.41, 5.74) is 1.95. The molecule has 1 aliphatic heterocycles. The van der Waals surface area contributed by atoms with Crippen LogP contribution in [0.3, 0.4) is 0 Å². The van der Waals surface area contributed by atoms with Gasteiger partial charge in [0.1, 0.15) is 5.75 Å². The zero-order valence-electron chi connectivity index (χ0n) is 15.7. The van der Waals surface area contributed by atoms with Crippen LogP contribution in [0.15, 0.2) is 24.3 Å². The molecule has 1 aromatic rings. The summed E-state index contributed by atoms with van der Waals surface area (Å²) < 4.78 is 5.51. The molecule has 0 radical (unpaired) electrons. The Balaban J connectivity index is 1.70. The highest BCUT2D eigenvalue weighted by molar-refractivity contribution is 5.35. The largest absolute Gasteiger partial charge is 0.497 e. The monoisotopic (exact) mass is 329 g/mol. The molecule has 1 aromatic carbocycles. The van der Waals surface area contributed by atoms with Crippen molar-refractivity contribution in [2.24, 2.45) is 5.92 Å². The van der Waals surface area contributed by atoms with E-state index in [1.165, 1.54) is 83.0 Å². The number of benzene rings is 1. The maximum Gasteiger partial charge on any atom is 0.119 e. The minimum Gasteiger partial charge on any atom is -0.497 e. The minimum absolute atomic E-state index is 0.409. The van der Waals surface area contributed by atoms with E-state index in [1.54, 1.807) is 7.11 Å². The normalized spacial score (nSPS) is 27.7. The number of hydrogen-bond acceptors (Lipinski definition) is 2. The van der Waals surface area contributed by atoms with Crippen LogP contribution in [0.5, 0.6) is 5.75 Å². The first-order valence-electron chi connectivity index (χ1n) is 10.2. The summed E-state index contributed by atoms with van der Waals surface area (Å²) in [7, 11) is 1.79. The third-order valence-electron chi connectivity index (χ3n) is 6.53. The lowest BCUT2D eigenvalue weighted by Gasteiger charge is -2.51. The number of piperidine rings is 1. The Kier molecular flexibility index (Phi) is 6.21. The lowest BCUT2D eigenvalue weighted by atomic mass is 9.59.